The van der Waals surface area contributed by atoms with Crippen molar-refractivity contribution in [2.24, 2.45) is 0 Å². The third kappa shape index (κ3) is 3.39. The molecular formula is C13H18ClNO. The Morgan fingerprint density at radius 1 is 1.25 bits per heavy atom. The number of nitrogens with one attached hydrogen (secondary N) is 1. The molecule has 0 aliphatic heterocycles. The van der Waals surface area contributed by atoms with Gasteiger partial charge in [0.1, 0.15) is 5.75 Å². The van der Waals surface area contributed by atoms with Crippen LogP contribution in [0.25, 0.3) is 0 Å². The Morgan fingerprint density at radius 3 is 2.62 bits per heavy atom. The van der Waals surface area contributed by atoms with E-state index < -0.39 is 0 Å². The predicted octanol–water partition coefficient (Wildman–Crippen LogP) is 2.82. The molecule has 0 amide bonds. The Kier molecular flexibility index (Phi) is 4.08. The molecule has 0 heterocycles. The van der Waals surface area contributed by atoms with Crippen LogP contribution in [0.15, 0.2) is 30.3 Å². The molecule has 0 aromatic heterocycles. The quantitative estimate of drug-likeness (QED) is 0.584. The van der Waals surface area contributed by atoms with Crippen LogP contribution >= 0.6 is 11.6 Å². The number of hydrogen-bond donors (Lipinski definition) is 1. The number of rotatable bonds is 7. The molecule has 0 radical (unpaired) electrons. The van der Waals surface area contributed by atoms with Gasteiger partial charge in [0.25, 0.3) is 0 Å². The molecule has 1 saturated carbocycles. The van der Waals surface area contributed by atoms with Crippen LogP contribution in [0, 0.1) is 0 Å². The molecule has 1 aliphatic rings. The summed E-state index contributed by atoms with van der Waals surface area (Å²) >= 11 is 5.87. The molecule has 0 saturated heterocycles. The first-order chi connectivity index (χ1) is 7.85. The molecule has 1 N–H and O–H groups in total. The molecule has 1 aliphatic carbocycles. The van der Waals surface area contributed by atoms with Crippen molar-refractivity contribution in [2.75, 3.05) is 19.0 Å². The highest BCUT2D eigenvalue weighted by Gasteiger charge is 2.40. The van der Waals surface area contributed by atoms with Crippen LogP contribution in [0.1, 0.15) is 19.3 Å². The molecule has 1 aromatic rings. The first kappa shape index (κ1) is 11.7. The number of halogens is 1. The van der Waals surface area contributed by atoms with Crippen molar-refractivity contribution in [1.82, 2.24) is 5.32 Å². The lowest BCUT2D eigenvalue weighted by molar-refractivity contribution is 0.304. The molecule has 0 unspecified atom stereocenters. The van der Waals surface area contributed by atoms with E-state index in [1.54, 1.807) is 0 Å². The van der Waals surface area contributed by atoms with Crippen LogP contribution in [0.3, 0.4) is 0 Å². The van der Waals surface area contributed by atoms with Crippen LogP contribution in [-0.4, -0.2) is 24.6 Å². The van der Waals surface area contributed by atoms with Gasteiger partial charge in [-0.2, -0.15) is 0 Å². The van der Waals surface area contributed by atoms with E-state index in [9.17, 15) is 0 Å². The lowest BCUT2D eigenvalue weighted by Gasteiger charge is -2.13. The van der Waals surface area contributed by atoms with Crippen LogP contribution in [0.5, 0.6) is 5.75 Å². The molecule has 2 rings (SSSR count). The van der Waals surface area contributed by atoms with Crippen molar-refractivity contribution in [3.63, 3.8) is 0 Å². The minimum atomic E-state index is 0.258. The summed E-state index contributed by atoms with van der Waals surface area (Å²) in [5.41, 5.74) is 0.258. The molecule has 0 bridgehead atoms. The Labute approximate surface area is 102 Å². The number of ether oxygens (including phenoxy) is 1. The van der Waals surface area contributed by atoms with E-state index in [2.05, 4.69) is 5.32 Å². The summed E-state index contributed by atoms with van der Waals surface area (Å²) < 4.78 is 5.60. The topological polar surface area (TPSA) is 21.3 Å². The standard InChI is InChI=1S/C13H18ClNO/c14-11-13(7-8-13)15-9-4-10-16-12-5-2-1-3-6-12/h1-3,5-6,15H,4,7-11H2. The smallest absolute Gasteiger partial charge is 0.119 e. The molecule has 3 heteroatoms. The van der Waals surface area contributed by atoms with E-state index in [1.807, 2.05) is 30.3 Å². The average molecular weight is 240 g/mol. The normalized spacial score (nSPS) is 17.1. The van der Waals surface area contributed by atoms with E-state index in [0.717, 1.165) is 31.2 Å². The van der Waals surface area contributed by atoms with E-state index >= 15 is 0 Å². The summed E-state index contributed by atoms with van der Waals surface area (Å²) in [7, 11) is 0. The third-order valence-electron chi connectivity index (χ3n) is 2.94. The van der Waals surface area contributed by atoms with Crippen molar-refractivity contribution in [2.45, 2.75) is 24.8 Å². The summed E-state index contributed by atoms with van der Waals surface area (Å²) in [4.78, 5) is 0. The molecule has 0 atom stereocenters. The van der Waals surface area contributed by atoms with Crippen LogP contribution in [0.2, 0.25) is 0 Å². The van der Waals surface area contributed by atoms with E-state index in [4.69, 9.17) is 16.3 Å². The molecule has 1 aromatic carbocycles. The van der Waals surface area contributed by atoms with Crippen LogP contribution < -0.4 is 10.1 Å². The van der Waals surface area contributed by atoms with Crippen molar-refractivity contribution >= 4 is 11.6 Å². The van der Waals surface area contributed by atoms with Gasteiger partial charge in [-0.05, 0) is 37.9 Å². The van der Waals surface area contributed by atoms with Crippen molar-refractivity contribution in [1.29, 1.82) is 0 Å². The van der Waals surface area contributed by atoms with Gasteiger partial charge in [0, 0.05) is 11.4 Å². The van der Waals surface area contributed by atoms with E-state index in [1.165, 1.54) is 12.8 Å². The van der Waals surface area contributed by atoms with Gasteiger partial charge in [0.2, 0.25) is 0 Å². The second kappa shape index (κ2) is 5.55. The van der Waals surface area contributed by atoms with Gasteiger partial charge in [0.15, 0.2) is 0 Å². The fourth-order valence-corrected chi connectivity index (χ4v) is 2.00. The first-order valence-corrected chi connectivity index (χ1v) is 6.37. The van der Waals surface area contributed by atoms with Crippen molar-refractivity contribution in [3.05, 3.63) is 30.3 Å². The van der Waals surface area contributed by atoms with E-state index in [-0.39, 0.29) is 5.54 Å². The second-order valence-corrected chi connectivity index (χ2v) is 4.62. The zero-order valence-corrected chi connectivity index (χ0v) is 10.2. The fourth-order valence-electron chi connectivity index (χ4n) is 1.64. The highest BCUT2D eigenvalue weighted by molar-refractivity contribution is 6.18. The van der Waals surface area contributed by atoms with Crippen molar-refractivity contribution in [3.8, 4) is 5.75 Å². The van der Waals surface area contributed by atoms with Gasteiger partial charge < -0.3 is 10.1 Å². The summed E-state index contributed by atoms with van der Waals surface area (Å²) in [5, 5.41) is 3.49. The Hall–Kier alpha value is -0.730. The lowest BCUT2D eigenvalue weighted by atomic mass is 10.3. The van der Waals surface area contributed by atoms with Crippen molar-refractivity contribution < 1.29 is 4.74 Å². The first-order valence-electron chi connectivity index (χ1n) is 5.83. The van der Waals surface area contributed by atoms with Gasteiger partial charge >= 0.3 is 0 Å². The third-order valence-corrected chi connectivity index (χ3v) is 3.45. The molecule has 1 fully saturated rings. The zero-order valence-electron chi connectivity index (χ0n) is 9.42. The van der Waals surface area contributed by atoms with Gasteiger partial charge in [-0.15, -0.1) is 11.6 Å². The second-order valence-electron chi connectivity index (χ2n) is 4.36. The fraction of sp³-hybridized carbons (Fsp3) is 0.538. The Bertz CT molecular complexity index is 311. The molecular weight excluding hydrogens is 222 g/mol. The largest absolute Gasteiger partial charge is 0.494 e. The maximum absolute atomic E-state index is 5.87. The number of hydrogen-bond acceptors (Lipinski definition) is 2. The molecule has 16 heavy (non-hydrogen) atoms. The molecule has 0 spiro atoms. The highest BCUT2D eigenvalue weighted by Crippen LogP contribution is 2.36. The van der Waals surface area contributed by atoms with E-state index in [0.29, 0.717) is 0 Å². The molecule has 2 nitrogen and oxygen atoms in total. The summed E-state index contributed by atoms with van der Waals surface area (Å²) in [5.74, 6) is 1.67. The van der Waals surface area contributed by atoms with Gasteiger partial charge in [0.05, 0.1) is 6.61 Å². The molecule has 88 valence electrons. The minimum Gasteiger partial charge on any atom is -0.494 e. The number of alkyl halides is 1. The van der Waals surface area contributed by atoms with Crippen LogP contribution in [-0.2, 0) is 0 Å². The number of para-hydroxylation sites is 1. The SMILES string of the molecule is ClCC1(NCCCOc2ccccc2)CC1. The van der Waals surface area contributed by atoms with Gasteiger partial charge in [-0.25, -0.2) is 0 Å². The highest BCUT2D eigenvalue weighted by atomic mass is 35.5. The number of benzene rings is 1. The summed E-state index contributed by atoms with van der Waals surface area (Å²) in [6, 6.07) is 9.93. The van der Waals surface area contributed by atoms with Gasteiger partial charge in [-0.1, -0.05) is 18.2 Å². The monoisotopic (exact) mass is 239 g/mol. The lowest BCUT2D eigenvalue weighted by Crippen LogP contribution is -2.34. The van der Waals surface area contributed by atoms with Crippen LogP contribution in [0.4, 0.5) is 0 Å². The predicted molar refractivity (Wildman–Crippen MR) is 67.2 cm³/mol. The Balaban J connectivity index is 1.56. The summed E-state index contributed by atoms with van der Waals surface area (Å²) in [6.45, 7) is 1.74. The maximum Gasteiger partial charge on any atom is 0.119 e. The zero-order chi connectivity index (χ0) is 11.3. The summed E-state index contributed by atoms with van der Waals surface area (Å²) in [6.07, 6.45) is 3.46. The maximum atomic E-state index is 5.87. The Morgan fingerprint density at radius 2 is 2.00 bits per heavy atom. The van der Waals surface area contributed by atoms with Gasteiger partial charge in [-0.3, -0.25) is 0 Å². The average Bonchev–Trinajstić information content (AvgIpc) is 3.11. The minimum absolute atomic E-state index is 0.258.